The van der Waals surface area contributed by atoms with Crippen LogP contribution in [0.15, 0.2) is 12.1 Å². The summed E-state index contributed by atoms with van der Waals surface area (Å²) < 4.78 is 0. The summed E-state index contributed by atoms with van der Waals surface area (Å²) in [5.74, 6) is 0.168. The minimum absolute atomic E-state index is 0.168. The van der Waals surface area contributed by atoms with E-state index in [9.17, 15) is 4.79 Å². The summed E-state index contributed by atoms with van der Waals surface area (Å²) in [6, 6.07) is 4.52. The number of anilines is 1. The van der Waals surface area contributed by atoms with Crippen molar-refractivity contribution in [2.24, 2.45) is 0 Å². The lowest BCUT2D eigenvalue weighted by molar-refractivity contribution is -0.116. The molecule has 1 saturated heterocycles. The molecule has 3 heteroatoms. The Kier molecular flexibility index (Phi) is 3.33. The molecular formula is C17H24N2O. The first-order valence-corrected chi connectivity index (χ1v) is 7.64. The van der Waals surface area contributed by atoms with Crippen LogP contribution in [0.2, 0.25) is 0 Å². The third-order valence-corrected chi connectivity index (χ3v) is 4.95. The van der Waals surface area contributed by atoms with Crippen LogP contribution in [0.1, 0.15) is 42.9 Å². The Morgan fingerprint density at radius 2 is 2.10 bits per heavy atom. The fourth-order valence-electron chi connectivity index (χ4n) is 4.05. The van der Waals surface area contributed by atoms with Gasteiger partial charge in [0.1, 0.15) is 0 Å². The monoisotopic (exact) mass is 272 g/mol. The second kappa shape index (κ2) is 4.88. The normalized spacial score (nSPS) is 25.6. The minimum atomic E-state index is 0.168. The molecule has 1 amide bonds. The third kappa shape index (κ3) is 2.05. The Balaban J connectivity index is 2.23. The number of amides is 1. The molecule has 1 unspecified atom stereocenters. The van der Waals surface area contributed by atoms with Crippen LogP contribution in [0.25, 0.3) is 0 Å². The van der Waals surface area contributed by atoms with Gasteiger partial charge in [0.25, 0.3) is 0 Å². The molecule has 0 radical (unpaired) electrons. The summed E-state index contributed by atoms with van der Waals surface area (Å²) in [6.45, 7) is 8.98. The molecule has 0 aliphatic carbocycles. The average molecular weight is 272 g/mol. The van der Waals surface area contributed by atoms with Gasteiger partial charge in [0.2, 0.25) is 5.91 Å². The van der Waals surface area contributed by atoms with Crippen molar-refractivity contribution in [3.8, 4) is 0 Å². The van der Waals surface area contributed by atoms with Crippen molar-refractivity contribution in [3.05, 3.63) is 28.8 Å². The van der Waals surface area contributed by atoms with Gasteiger partial charge in [-0.15, -0.1) is 0 Å². The molecule has 20 heavy (non-hydrogen) atoms. The second-order valence-electron chi connectivity index (χ2n) is 6.46. The quantitative estimate of drug-likeness (QED) is 0.787. The number of rotatable bonds is 0. The lowest BCUT2D eigenvalue weighted by atomic mass is 9.75. The highest BCUT2D eigenvalue weighted by Gasteiger charge is 2.40. The van der Waals surface area contributed by atoms with Crippen molar-refractivity contribution < 1.29 is 4.79 Å². The maximum atomic E-state index is 12.1. The summed E-state index contributed by atoms with van der Waals surface area (Å²) in [5.41, 5.74) is 5.36. The Morgan fingerprint density at radius 3 is 2.75 bits per heavy atom. The molecule has 1 fully saturated rings. The van der Waals surface area contributed by atoms with E-state index in [1.807, 2.05) is 4.90 Å². The first-order valence-electron chi connectivity index (χ1n) is 7.64. The van der Waals surface area contributed by atoms with Crippen molar-refractivity contribution in [1.29, 1.82) is 0 Å². The van der Waals surface area contributed by atoms with Crippen LogP contribution in [0.3, 0.4) is 0 Å². The second-order valence-corrected chi connectivity index (χ2v) is 6.46. The highest BCUT2D eigenvalue weighted by atomic mass is 16.2. The first-order chi connectivity index (χ1) is 9.53. The molecule has 1 N–H and O–H groups in total. The molecule has 2 aliphatic heterocycles. The van der Waals surface area contributed by atoms with Crippen molar-refractivity contribution >= 4 is 11.6 Å². The van der Waals surface area contributed by atoms with Crippen LogP contribution in [-0.2, 0) is 10.2 Å². The van der Waals surface area contributed by atoms with Crippen LogP contribution in [-0.4, -0.2) is 25.5 Å². The van der Waals surface area contributed by atoms with Gasteiger partial charge < -0.3 is 10.2 Å². The van der Waals surface area contributed by atoms with E-state index >= 15 is 0 Å². The van der Waals surface area contributed by atoms with E-state index in [4.69, 9.17) is 0 Å². The van der Waals surface area contributed by atoms with Gasteiger partial charge in [0.15, 0.2) is 0 Å². The van der Waals surface area contributed by atoms with Crippen LogP contribution in [0.4, 0.5) is 5.69 Å². The Hall–Kier alpha value is -1.35. The van der Waals surface area contributed by atoms with Gasteiger partial charge in [-0.1, -0.05) is 17.7 Å². The molecule has 0 saturated carbocycles. The zero-order valence-electron chi connectivity index (χ0n) is 12.8. The number of aryl methyl sites for hydroxylation is 2. The maximum Gasteiger partial charge on any atom is 0.223 e. The van der Waals surface area contributed by atoms with Crippen molar-refractivity contribution in [3.63, 3.8) is 0 Å². The number of carbonyl (C=O) groups is 1. The average Bonchev–Trinajstić information content (AvgIpc) is 2.77. The van der Waals surface area contributed by atoms with Gasteiger partial charge >= 0.3 is 0 Å². The molecule has 2 heterocycles. The van der Waals surface area contributed by atoms with Gasteiger partial charge in [-0.3, -0.25) is 4.79 Å². The van der Waals surface area contributed by atoms with E-state index in [0.29, 0.717) is 0 Å². The number of nitrogens with one attached hydrogen (secondary N) is 1. The summed E-state index contributed by atoms with van der Waals surface area (Å²) in [6.07, 6.45) is 3.46. The van der Waals surface area contributed by atoms with Crippen LogP contribution in [0.5, 0.6) is 0 Å². The fourth-order valence-corrected chi connectivity index (χ4v) is 4.05. The third-order valence-electron chi connectivity index (χ3n) is 4.95. The van der Waals surface area contributed by atoms with Gasteiger partial charge in [0, 0.05) is 25.4 Å². The first kappa shape index (κ1) is 13.6. The maximum absolute atomic E-state index is 12.1. The predicted octanol–water partition coefficient (Wildman–Crippen LogP) is 2.68. The van der Waals surface area contributed by atoms with E-state index in [1.54, 1.807) is 6.92 Å². The van der Waals surface area contributed by atoms with Crippen LogP contribution in [0, 0.1) is 13.8 Å². The number of hydrogen-bond acceptors (Lipinski definition) is 2. The zero-order chi connectivity index (χ0) is 14.3. The Bertz CT molecular complexity index is 544. The van der Waals surface area contributed by atoms with E-state index < -0.39 is 0 Å². The summed E-state index contributed by atoms with van der Waals surface area (Å²) in [7, 11) is 0. The molecule has 1 atom stereocenters. The zero-order valence-corrected chi connectivity index (χ0v) is 12.8. The van der Waals surface area contributed by atoms with Gasteiger partial charge in [0.05, 0.1) is 5.69 Å². The van der Waals surface area contributed by atoms with E-state index in [2.05, 4.69) is 31.3 Å². The molecular weight excluding hydrogens is 248 g/mol. The number of benzene rings is 1. The topological polar surface area (TPSA) is 32.3 Å². The largest absolute Gasteiger partial charge is 0.316 e. The standard InChI is InChI=1S/C17H24N2O/c1-12-9-13(2)16-15(10-12)17(6-7-18-11-17)5-4-8-19(16)14(3)20/h9-10,18H,4-8,11H2,1-3H3. The van der Waals surface area contributed by atoms with Crippen molar-refractivity contribution in [1.82, 2.24) is 5.32 Å². The van der Waals surface area contributed by atoms with E-state index in [0.717, 1.165) is 26.1 Å². The highest BCUT2D eigenvalue weighted by molar-refractivity contribution is 5.94. The van der Waals surface area contributed by atoms with Gasteiger partial charge in [-0.2, -0.15) is 0 Å². The molecule has 2 aliphatic rings. The molecule has 3 rings (SSSR count). The number of hydrogen-bond donors (Lipinski definition) is 1. The number of fused-ring (bicyclic) bond motifs is 2. The lowest BCUT2D eigenvalue weighted by Gasteiger charge is -2.31. The van der Waals surface area contributed by atoms with Crippen molar-refractivity contribution in [2.45, 2.75) is 45.4 Å². The number of carbonyl (C=O) groups excluding carboxylic acids is 1. The smallest absolute Gasteiger partial charge is 0.223 e. The summed E-state index contributed by atoms with van der Waals surface area (Å²) in [4.78, 5) is 14.1. The molecule has 1 aromatic carbocycles. The molecule has 108 valence electrons. The Morgan fingerprint density at radius 1 is 1.30 bits per heavy atom. The minimum Gasteiger partial charge on any atom is -0.316 e. The number of nitrogens with zero attached hydrogens (tertiary/aromatic N) is 1. The highest BCUT2D eigenvalue weighted by Crippen LogP contribution is 2.44. The Labute approximate surface area is 121 Å². The van der Waals surface area contributed by atoms with E-state index in [-0.39, 0.29) is 11.3 Å². The lowest BCUT2D eigenvalue weighted by Crippen LogP contribution is -2.31. The summed E-state index contributed by atoms with van der Waals surface area (Å²) in [5, 5.41) is 3.53. The SMILES string of the molecule is CC(=O)N1CCCC2(CCNC2)c2cc(C)cc(C)c21. The predicted molar refractivity (Wildman–Crippen MR) is 82.3 cm³/mol. The molecule has 1 spiro atoms. The van der Waals surface area contributed by atoms with Crippen LogP contribution < -0.4 is 10.2 Å². The van der Waals surface area contributed by atoms with Gasteiger partial charge in [-0.25, -0.2) is 0 Å². The molecule has 1 aromatic rings. The van der Waals surface area contributed by atoms with Gasteiger partial charge in [-0.05, 0) is 50.8 Å². The molecule has 0 aromatic heterocycles. The molecule has 3 nitrogen and oxygen atoms in total. The van der Waals surface area contributed by atoms with E-state index in [1.165, 1.54) is 35.2 Å². The van der Waals surface area contributed by atoms with Crippen LogP contribution >= 0.6 is 0 Å². The molecule has 0 bridgehead atoms. The summed E-state index contributed by atoms with van der Waals surface area (Å²) >= 11 is 0. The van der Waals surface area contributed by atoms with Crippen molar-refractivity contribution in [2.75, 3.05) is 24.5 Å². The fraction of sp³-hybridized carbons (Fsp3) is 0.588.